The number of H-pyrrole nitrogens is 1. The predicted molar refractivity (Wildman–Crippen MR) is 193 cm³/mol. The summed E-state index contributed by atoms with van der Waals surface area (Å²) in [6.45, 7) is 16.8. The topological polar surface area (TPSA) is 71.7 Å². The Morgan fingerprint density at radius 2 is 1.50 bits per heavy atom. The number of hydrogen-bond donors (Lipinski definition) is 2. The molecule has 7 heteroatoms. The molecule has 1 heterocycles. The molecule has 3 aromatic rings. The van der Waals surface area contributed by atoms with Crippen molar-refractivity contribution in [3.05, 3.63) is 86.3 Å². The summed E-state index contributed by atoms with van der Waals surface area (Å²) < 4.78 is 0. The Bertz CT molecular complexity index is 1500. The minimum Gasteiger partial charge on any atom is -0.369 e. The second kappa shape index (κ2) is 16.4. The molecule has 46 heavy (non-hydrogen) atoms. The van der Waals surface area contributed by atoms with Gasteiger partial charge in [0.1, 0.15) is 0 Å². The molecule has 0 aliphatic heterocycles. The van der Waals surface area contributed by atoms with E-state index in [4.69, 9.17) is 0 Å². The van der Waals surface area contributed by atoms with Crippen molar-refractivity contribution in [2.24, 2.45) is 0 Å². The molecule has 0 radical (unpaired) electrons. The molecule has 2 N–H and O–H groups in total. The lowest BCUT2D eigenvalue weighted by Crippen LogP contribution is -2.42. The van der Waals surface area contributed by atoms with Crippen LogP contribution in [-0.2, 0) is 13.1 Å². The first kappa shape index (κ1) is 35.4. The Morgan fingerprint density at radius 1 is 0.870 bits per heavy atom. The summed E-state index contributed by atoms with van der Waals surface area (Å²) in [7, 11) is 4.37. The molecule has 1 aliphatic carbocycles. The monoisotopic (exact) mass is 627 g/mol. The lowest BCUT2D eigenvalue weighted by Gasteiger charge is -2.40. The van der Waals surface area contributed by atoms with E-state index < -0.39 is 0 Å². The number of pyridine rings is 1. The Morgan fingerprint density at radius 3 is 2.07 bits per heavy atom. The molecule has 0 saturated heterocycles. The summed E-state index contributed by atoms with van der Waals surface area (Å²) in [5, 5.41) is 3.08. The fourth-order valence-corrected chi connectivity index (χ4v) is 7.24. The molecule has 2 aromatic carbocycles. The molecule has 0 bridgehead atoms. The van der Waals surface area contributed by atoms with Gasteiger partial charge in [0, 0.05) is 54.2 Å². The van der Waals surface area contributed by atoms with Crippen LogP contribution in [0.5, 0.6) is 0 Å². The van der Waals surface area contributed by atoms with Gasteiger partial charge in [-0.05, 0) is 139 Å². The van der Waals surface area contributed by atoms with E-state index in [9.17, 15) is 9.59 Å². The minimum atomic E-state index is -0.154. The number of rotatable bonds is 14. The molecule has 7 nitrogen and oxygen atoms in total. The maximum absolute atomic E-state index is 13.9. The highest BCUT2D eigenvalue weighted by Crippen LogP contribution is 2.36. The Labute approximate surface area is 277 Å². The van der Waals surface area contributed by atoms with Gasteiger partial charge in [-0.2, -0.15) is 0 Å². The number of benzene rings is 2. The normalized spacial score (nSPS) is 16.7. The van der Waals surface area contributed by atoms with Crippen LogP contribution in [0.2, 0.25) is 0 Å². The van der Waals surface area contributed by atoms with Gasteiger partial charge >= 0.3 is 0 Å². The number of aromatic amines is 1. The maximum atomic E-state index is 13.9. The first-order chi connectivity index (χ1) is 22.1. The van der Waals surface area contributed by atoms with E-state index in [1.165, 1.54) is 18.4 Å². The number of nitrogens with one attached hydrogen (secondary N) is 2. The van der Waals surface area contributed by atoms with Crippen molar-refractivity contribution >= 4 is 11.6 Å². The SMILES string of the molecule is CCCN(CCC)Cc1ccc(-c2cc(C(=O)NCc3c(C)cc(C)[nH]c3=O)c(C)c(N(CC)C3CCC(N(C)C)CC3)c2)cc1. The zero-order valence-corrected chi connectivity index (χ0v) is 29.6. The summed E-state index contributed by atoms with van der Waals surface area (Å²) in [5.74, 6) is -0.154. The third kappa shape index (κ3) is 8.68. The van der Waals surface area contributed by atoms with E-state index in [2.05, 4.69) is 97.1 Å². The van der Waals surface area contributed by atoms with Crippen LogP contribution in [0.3, 0.4) is 0 Å². The van der Waals surface area contributed by atoms with Crippen LogP contribution in [0, 0.1) is 20.8 Å². The fourth-order valence-electron chi connectivity index (χ4n) is 7.24. The van der Waals surface area contributed by atoms with Crippen molar-refractivity contribution in [1.82, 2.24) is 20.1 Å². The van der Waals surface area contributed by atoms with Gasteiger partial charge in [0.15, 0.2) is 0 Å². The van der Waals surface area contributed by atoms with Gasteiger partial charge < -0.3 is 20.1 Å². The van der Waals surface area contributed by atoms with Crippen molar-refractivity contribution < 1.29 is 4.79 Å². The number of anilines is 1. The van der Waals surface area contributed by atoms with Crippen molar-refractivity contribution in [2.75, 3.05) is 38.6 Å². The van der Waals surface area contributed by atoms with Crippen molar-refractivity contribution in [3.8, 4) is 11.1 Å². The minimum absolute atomic E-state index is 0.147. The van der Waals surface area contributed by atoms with Crippen molar-refractivity contribution in [1.29, 1.82) is 0 Å². The van der Waals surface area contributed by atoms with Gasteiger partial charge in [0.05, 0.1) is 0 Å². The first-order valence-electron chi connectivity index (χ1n) is 17.4. The van der Waals surface area contributed by atoms with E-state index in [0.29, 0.717) is 23.2 Å². The van der Waals surface area contributed by atoms with E-state index >= 15 is 0 Å². The lowest BCUT2D eigenvalue weighted by atomic mass is 9.88. The Balaban J connectivity index is 1.69. The molecular weight excluding hydrogens is 570 g/mol. The van der Waals surface area contributed by atoms with E-state index in [1.807, 2.05) is 26.0 Å². The Kier molecular flexibility index (Phi) is 12.6. The molecule has 1 aliphatic rings. The first-order valence-corrected chi connectivity index (χ1v) is 17.4. The fraction of sp³-hybridized carbons (Fsp3) is 0.538. The number of carbonyl (C=O) groups is 1. The van der Waals surface area contributed by atoms with Gasteiger partial charge in [-0.1, -0.05) is 38.1 Å². The molecule has 1 amide bonds. The molecule has 1 saturated carbocycles. The molecular formula is C39H57N5O2. The van der Waals surface area contributed by atoms with Crippen LogP contribution >= 0.6 is 0 Å². The largest absolute Gasteiger partial charge is 0.369 e. The van der Waals surface area contributed by atoms with E-state index in [-0.39, 0.29) is 18.0 Å². The third-order valence-electron chi connectivity index (χ3n) is 9.80. The summed E-state index contributed by atoms with van der Waals surface area (Å²) in [6, 6.07) is 16.2. The van der Waals surface area contributed by atoms with Crippen LogP contribution in [-0.4, -0.2) is 66.5 Å². The molecule has 1 aromatic heterocycles. The van der Waals surface area contributed by atoms with Crippen molar-refractivity contribution in [3.63, 3.8) is 0 Å². The highest BCUT2D eigenvalue weighted by Gasteiger charge is 2.28. The molecule has 0 atom stereocenters. The van der Waals surface area contributed by atoms with Crippen LogP contribution in [0.4, 0.5) is 5.69 Å². The number of aromatic nitrogens is 1. The third-order valence-corrected chi connectivity index (χ3v) is 9.80. The number of carbonyl (C=O) groups excluding carboxylic acids is 1. The maximum Gasteiger partial charge on any atom is 0.253 e. The zero-order valence-electron chi connectivity index (χ0n) is 29.6. The van der Waals surface area contributed by atoms with Crippen LogP contribution in [0.25, 0.3) is 11.1 Å². The summed E-state index contributed by atoms with van der Waals surface area (Å²) in [4.78, 5) is 36.9. The smallest absolute Gasteiger partial charge is 0.253 e. The average molecular weight is 628 g/mol. The molecule has 0 unspecified atom stereocenters. The number of aryl methyl sites for hydroxylation is 2. The molecule has 250 valence electrons. The van der Waals surface area contributed by atoms with Gasteiger partial charge in [-0.25, -0.2) is 0 Å². The van der Waals surface area contributed by atoms with Crippen LogP contribution in [0.1, 0.15) is 97.6 Å². The van der Waals surface area contributed by atoms with E-state index in [0.717, 1.165) is 85.5 Å². The lowest BCUT2D eigenvalue weighted by molar-refractivity contribution is 0.0950. The average Bonchev–Trinajstić information content (AvgIpc) is 3.02. The zero-order chi connectivity index (χ0) is 33.4. The van der Waals surface area contributed by atoms with Gasteiger partial charge in [0.25, 0.3) is 11.5 Å². The van der Waals surface area contributed by atoms with Gasteiger partial charge in [-0.3, -0.25) is 14.5 Å². The number of hydrogen-bond acceptors (Lipinski definition) is 5. The van der Waals surface area contributed by atoms with E-state index in [1.54, 1.807) is 0 Å². The summed E-state index contributed by atoms with van der Waals surface area (Å²) in [5.41, 5.74) is 8.38. The molecule has 1 fully saturated rings. The highest BCUT2D eigenvalue weighted by atomic mass is 16.1. The molecule has 4 rings (SSSR count). The summed E-state index contributed by atoms with van der Waals surface area (Å²) in [6.07, 6.45) is 6.93. The Hall–Kier alpha value is -3.42. The number of amides is 1. The van der Waals surface area contributed by atoms with Crippen LogP contribution in [0.15, 0.2) is 47.3 Å². The van der Waals surface area contributed by atoms with Gasteiger partial charge in [0.2, 0.25) is 0 Å². The standard InChI is InChI=1S/C39H57N5O2/c1-9-20-43(21-10-2)26-30-12-14-31(15-13-30)32-23-35(38(45)40-25-36-27(4)22-28(5)41-39(36)46)29(6)37(24-32)44(11-3)34-18-16-33(17-19-34)42(7)8/h12-15,22-24,33-34H,9-11,16-21,25-26H2,1-8H3,(H,40,45)(H,41,46). The van der Waals surface area contributed by atoms with Crippen LogP contribution < -0.4 is 15.8 Å². The molecule has 0 spiro atoms. The quantitative estimate of drug-likeness (QED) is 0.198. The second-order valence-corrected chi connectivity index (χ2v) is 13.5. The van der Waals surface area contributed by atoms with Gasteiger partial charge in [-0.15, -0.1) is 0 Å². The number of nitrogens with zero attached hydrogens (tertiary/aromatic N) is 3. The second-order valence-electron chi connectivity index (χ2n) is 13.5. The predicted octanol–water partition coefficient (Wildman–Crippen LogP) is 7.22. The summed E-state index contributed by atoms with van der Waals surface area (Å²) >= 11 is 0. The van der Waals surface area contributed by atoms with Crippen molar-refractivity contribution in [2.45, 2.75) is 105 Å². The highest BCUT2D eigenvalue weighted by molar-refractivity contribution is 5.99.